The van der Waals surface area contributed by atoms with Crippen molar-refractivity contribution in [2.24, 2.45) is 0 Å². The predicted octanol–water partition coefficient (Wildman–Crippen LogP) is 4.80. The Hall–Kier alpha value is -3.05. The second kappa shape index (κ2) is 6.78. The van der Waals surface area contributed by atoms with Crippen LogP contribution in [0.4, 0.5) is 10.1 Å². The lowest BCUT2D eigenvalue weighted by molar-refractivity contribution is -0.136. The van der Waals surface area contributed by atoms with E-state index in [1.165, 1.54) is 12.1 Å². The number of hydrogen-bond acceptors (Lipinski definition) is 3. The summed E-state index contributed by atoms with van der Waals surface area (Å²) in [7, 11) is 1.60. The Morgan fingerprint density at radius 3 is 2.45 bits per heavy atom. The van der Waals surface area contributed by atoms with Gasteiger partial charge >= 0.3 is 0 Å². The van der Waals surface area contributed by atoms with E-state index in [4.69, 9.17) is 21.1 Å². The number of amides is 1. The first-order chi connectivity index (χ1) is 14.1. The van der Waals surface area contributed by atoms with Crippen LogP contribution in [-0.4, -0.2) is 25.2 Å². The number of nitrogens with zero attached hydrogens (tertiary/aromatic N) is 1. The summed E-state index contributed by atoms with van der Waals surface area (Å²) in [6.45, 7) is 0. The molecule has 1 amide bonds. The van der Waals surface area contributed by atoms with Crippen molar-refractivity contribution in [3.05, 3.63) is 88.7 Å². The van der Waals surface area contributed by atoms with E-state index < -0.39 is 6.10 Å². The van der Waals surface area contributed by atoms with Gasteiger partial charge in [-0.15, -0.1) is 0 Å². The number of anilines is 1. The second-order valence-electron chi connectivity index (χ2n) is 7.15. The highest BCUT2D eigenvalue weighted by Gasteiger charge is 2.57. The number of β-lactam (4-membered cyclic amide) rings is 1. The molecular weight excluding hydrogens is 393 g/mol. The monoisotopic (exact) mass is 409 g/mol. The van der Waals surface area contributed by atoms with Crippen molar-refractivity contribution < 1.29 is 18.7 Å². The zero-order valence-electron chi connectivity index (χ0n) is 15.5. The molecule has 1 fully saturated rings. The molecule has 4 nitrogen and oxygen atoms in total. The van der Waals surface area contributed by atoms with Crippen molar-refractivity contribution in [3.8, 4) is 11.5 Å². The summed E-state index contributed by atoms with van der Waals surface area (Å²) < 4.78 is 24.8. The zero-order chi connectivity index (χ0) is 20.1. The Bertz CT molecular complexity index is 1080. The van der Waals surface area contributed by atoms with E-state index in [1.807, 2.05) is 30.3 Å². The van der Waals surface area contributed by atoms with Gasteiger partial charge in [0.2, 0.25) is 0 Å². The van der Waals surface area contributed by atoms with Gasteiger partial charge in [-0.05, 0) is 60.2 Å². The second-order valence-corrected chi connectivity index (χ2v) is 7.58. The van der Waals surface area contributed by atoms with Gasteiger partial charge in [-0.1, -0.05) is 23.7 Å². The van der Waals surface area contributed by atoms with Gasteiger partial charge in [0.15, 0.2) is 6.10 Å². The molecule has 0 radical (unpaired) electrons. The van der Waals surface area contributed by atoms with E-state index in [-0.39, 0.29) is 23.7 Å². The lowest BCUT2D eigenvalue weighted by atomic mass is 9.74. The fourth-order valence-electron chi connectivity index (χ4n) is 4.21. The number of carbonyl (C=O) groups excluding carboxylic acids is 1. The van der Waals surface area contributed by atoms with E-state index in [2.05, 4.69) is 0 Å². The van der Waals surface area contributed by atoms with Gasteiger partial charge in [-0.2, -0.15) is 0 Å². The van der Waals surface area contributed by atoms with Crippen molar-refractivity contribution in [2.45, 2.75) is 18.1 Å². The van der Waals surface area contributed by atoms with Crippen molar-refractivity contribution in [2.75, 3.05) is 12.0 Å². The molecule has 5 rings (SSSR count). The Morgan fingerprint density at radius 1 is 1.03 bits per heavy atom. The molecule has 0 spiro atoms. The minimum absolute atomic E-state index is 0.104. The number of fused-ring (bicyclic) bond motifs is 2. The molecule has 0 unspecified atom stereocenters. The minimum atomic E-state index is -0.596. The SMILES string of the molecule is COc1ccc(N2C(=O)[C@@H]3Oc4ccc(Cl)cc4[C@@H](c4ccc(F)cc4)[C@@H]32)cc1. The van der Waals surface area contributed by atoms with Crippen LogP contribution in [0.5, 0.6) is 11.5 Å². The lowest BCUT2D eigenvalue weighted by Crippen LogP contribution is -2.71. The highest BCUT2D eigenvalue weighted by atomic mass is 35.5. The van der Waals surface area contributed by atoms with E-state index >= 15 is 0 Å². The van der Waals surface area contributed by atoms with E-state index in [0.717, 1.165) is 16.8 Å². The van der Waals surface area contributed by atoms with Crippen LogP contribution in [0.25, 0.3) is 0 Å². The highest BCUT2D eigenvalue weighted by Crippen LogP contribution is 2.49. The van der Waals surface area contributed by atoms with Crippen molar-refractivity contribution in [1.29, 1.82) is 0 Å². The number of hydrogen-bond donors (Lipinski definition) is 0. The Kier molecular flexibility index (Phi) is 4.21. The number of halogens is 2. The van der Waals surface area contributed by atoms with Gasteiger partial charge in [0.25, 0.3) is 5.91 Å². The fraction of sp³-hybridized carbons (Fsp3) is 0.174. The first-order valence-corrected chi connectivity index (χ1v) is 9.63. The third-order valence-corrected chi connectivity index (χ3v) is 5.81. The van der Waals surface area contributed by atoms with Crippen LogP contribution in [0.3, 0.4) is 0 Å². The molecule has 0 bridgehead atoms. The quantitative estimate of drug-likeness (QED) is 0.583. The summed E-state index contributed by atoms with van der Waals surface area (Å²) in [5, 5.41) is 0.583. The molecule has 1 saturated heterocycles. The molecule has 29 heavy (non-hydrogen) atoms. The maximum Gasteiger partial charge on any atom is 0.270 e. The van der Waals surface area contributed by atoms with Crippen LogP contribution in [-0.2, 0) is 4.79 Å². The lowest BCUT2D eigenvalue weighted by Gasteiger charge is -2.53. The summed E-state index contributed by atoms with van der Waals surface area (Å²) in [4.78, 5) is 14.7. The zero-order valence-corrected chi connectivity index (χ0v) is 16.3. The maximum atomic E-state index is 13.6. The van der Waals surface area contributed by atoms with Crippen molar-refractivity contribution in [1.82, 2.24) is 0 Å². The molecule has 3 aromatic carbocycles. The largest absolute Gasteiger partial charge is 0.497 e. The van der Waals surface area contributed by atoms with Crippen LogP contribution in [0, 0.1) is 5.82 Å². The molecule has 0 saturated carbocycles. The van der Waals surface area contributed by atoms with Gasteiger partial charge < -0.3 is 14.4 Å². The number of carbonyl (C=O) groups is 1. The average Bonchev–Trinajstić information content (AvgIpc) is 2.74. The molecule has 2 aliphatic heterocycles. The molecule has 2 aliphatic rings. The predicted molar refractivity (Wildman–Crippen MR) is 108 cm³/mol. The molecule has 2 heterocycles. The highest BCUT2D eigenvalue weighted by molar-refractivity contribution is 6.30. The summed E-state index contributed by atoms with van der Waals surface area (Å²) in [6.07, 6.45) is -0.596. The molecule has 6 heteroatoms. The van der Waals surface area contributed by atoms with Gasteiger partial charge in [0.1, 0.15) is 17.3 Å². The number of methoxy groups -OCH3 is 1. The van der Waals surface area contributed by atoms with E-state index in [0.29, 0.717) is 16.5 Å². The molecule has 3 aromatic rings. The minimum Gasteiger partial charge on any atom is -0.497 e. The Balaban J connectivity index is 1.62. The number of rotatable bonds is 3. The first kappa shape index (κ1) is 18.0. The average molecular weight is 410 g/mol. The van der Waals surface area contributed by atoms with Gasteiger partial charge in [-0.25, -0.2) is 4.39 Å². The summed E-state index contributed by atoms with van der Waals surface area (Å²) >= 11 is 6.26. The standard InChI is InChI=1S/C23H17ClFNO3/c1-28-17-9-7-16(8-10-17)26-21-20(13-2-5-15(25)6-3-13)18-12-14(24)4-11-19(18)29-22(21)23(26)27/h2-12,20-22H,1H3/t20-,21+,22-/m1/s1. The van der Waals surface area contributed by atoms with Crippen molar-refractivity contribution in [3.63, 3.8) is 0 Å². The Morgan fingerprint density at radius 2 is 1.76 bits per heavy atom. The molecule has 146 valence electrons. The summed E-state index contributed by atoms with van der Waals surface area (Å²) in [5.41, 5.74) is 2.55. The van der Waals surface area contributed by atoms with Crippen LogP contribution in [0.15, 0.2) is 66.7 Å². The molecule has 0 N–H and O–H groups in total. The summed E-state index contributed by atoms with van der Waals surface area (Å²) in [5.74, 6) is 0.745. The molecular formula is C23H17ClFNO3. The normalized spacial score (nSPS) is 22.2. The smallest absolute Gasteiger partial charge is 0.270 e. The van der Waals surface area contributed by atoms with E-state index in [9.17, 15) is 9.18 Å². The third kappa shape index (κ3) is 2.85. The topological polar surface area (TPSA) is 38.8 Å². The van der Waals surface area contributed by atoms with Crippen molar-refractivity contribution >= 4 is 23.2 Å². The van der Waals surface area contributed by atoms with Crippen LogP contribution in [0.2, 0.25) is 5.02 Å². The maximum absolute atomic E-state index is 13.6. The van der Waals surface area contributed by atoms with Crippen LogP contribution in [0.1, 0.15) is 17.0 Å². The molecule has 3 atom stereocenters. The van der Waals surface area contributed by atoms with Gasteiger partial charge in [0.05, 0.1) is 13.2 Å². The number of benzene rings is 3. The Labute approximate surface area is 172 Å². The van der Waals surface area contributed by atoms with Crippen LogP contribution >= 0.6 is 11.6 Å². The first-order valence-electron chi connectivity index (χ1n) is 9.25. The van der Waals surface area contributed by atoms with Crippen LogP contribution < -0.4 is 14.4 Å². The summed E-state index contributed by atoms with van der Waals surface area (Å²) in [6, 6.07) is 18.8. The van der Waals surface area contributed by atoms with E-state index in [1.54, 1.807) is 36.3 Å². The van der Waals surface area contributed by atoms with Gasteiger partial charge in [0, 0.05) is 22.2 Å². The third-order valence-electron chi connectivity index (χ3n) is 5.57. The molecule has 0 aliphatic carbocycles. The molecule has 0 aromatic heterocycles. The fourth-order valence-corrected chi connectivity index (χ4v) is 4.39. The van der Waals surface area contributed by atoms with Gasteiger partial charge in [-0.3, -0.25) is 4.79 Å². The number of ether oxygens (including phenoxy) is 2.